The number of ether oxygens (including phenoxy) is 1. The lowest BCUT2D eigenvalue weighted by Gasteiger charge is -2.26. The minimum Gasteiger partial charge on any atom is -0.755 e. The van der Waals surface area contributed by atoms with Crippen molar-refractivity contribution in [3.8, 4) is 27.3 Å². The molecule has 0 fully saturated rings. The fourth-order valence-electron chi connectivity index (χ4n) is 3.33. The standard InChI is InChI=1S/C24H19NO5S2/c1-30-21-15-19(24(26)27)10-11-20(21)25(32(28)29)23-13-12-22(31-23)18-9-5-8-17(14-18)16-6-3-2-4-7-16/h2-15H,1H3,(H,26,27)(H,28,29)/p-1. The van der Waals surface area contributed by atoms with Crippen molar-refractivity contribution in [1.29, 1.82) is 0 Å². The number of hydrogen-bond donors (Lipinski definition) is 1. The molecule has 0 aliphatic rings. The smallest absolute Gasteiger partial charge is 0.335 e. The van der Waals surface area contributed by atoms with E-state index >= 15 is 0 Å². The number of hydrogen-bond acceptors (Lipinski definition) is 5. The second kappa shape index (κ2) is 9.35. The maximum absolute atomic E-state index is 12.1. The lowest BCUT2D eigenvalue weighted by atomic mass is 10.0. The molecule has 1 aromatic heterocycles. The quantitative estimate of drug-likeness (QED) is 0.353. The Kier molecular flexibility index (Phi) is 6.36. The van der Waals surface area contributed by atoms with Gasteiger partial charge in [-0.25, -0.2) is 4.79 Å². The van der Waals surface area contributed by atoms with Crippen LogP contribution in [-0.2, 0) is 11.3 Å². The van der Waals surface area contributed by atoms with Crippen LogP contribution < -0.4 is 9.04 Å². The lowest BCUT2D eigenvalue weighted by Crippen LogP contribution is -2.19. The Bertz CT molecular complexity index is 1290. The molecule has 0 aliphatic heterocycles. The van der Waals surface area contributed by atoms with Crippen LogP contribution in [0, 0.1) is 0 Å². The first-order chi connectivity index (χ1) is 15.5. The summed E-state index contributed by atoms with van der Waals surface area (Å²) < 4.78 is 30.6. The van der Waals surface area contributed by atoms with Gasteiger partial charge in [-0.15, -0.1) is 11.3 Å². The fraction of sp³-hybridized carbons (Fsp3) is 0.0417. The maximum Gasteiger partial charge on any atom is 0.335 e. The Labute approximate surface area is 191 Å². The summed E-state index contributed by atoms with van der Waals surface area (Å²) >= 11 is -1.33. The van der Waals surface area contributed by atoms with Crippen molar-refractivity contribution >= 4 is 39.3 Å². The molecule has 8 heteroatoms. The Balaban J connectivity index is 1.72. The van der Waals surface area contributed by atoms with E-state index < -0.39 is 17.2 Å². The summed E-state index contributed by atoms with van der Waals surface area (Å²) in [4.78, 5) is 12.2. The molecule has 32 heavy (non-hydrogen) atoms. The summed E-state index contributed by atoms with van der Waals surface area (Å²) in [5.41, 5.74) is 3.36. The molecule has 1 N–H and O–H groups in total. The zero-order chi connectivity index (χ0) is 22.7. The third kappa shape index (κ3) is 4.43. The van der Waals surface area contributed by atoms with E-state index in [1.54, 1.807) is 6.07 Å². The van der Waals surface area contributed by atoms with Crippen LogP contribution in [0.3, 0.4) is 0 Å². The fourth-order valence-corrected chi connectivity index (χ4v) is 5.06. The zero-order valence-corrected chi connectivity index (χ0v) is 18.6. The maximum atomic E-state index is 12.1. The normalized spacial score (nSPS) is 11.7. The van der Waals surface area contributed by atoms with Gasteiger partial charge in [0.2, 0.25) is 0 Å². The third-order valence-corrected chi connectivity index (χ3v) is 6.77. The van der Waals surface area contributed by atoms with E-state index in [0.29, 0.717) is 5.00 Å². The Hall–Kier alpha value is -3.46. The first-order valence-electron chi connectivity index (χ1n) is 9.54. The second-order valence-electron chi connectivity index (χ2n) is 6.79. The number of aromatic carboxylic acids is 1. The first kappa shape index (κ1) is 21.8. The molecule has 3 aromatic carbocycles. The van der Waals surface area contributed by atoms with Crippen molar-refractivity contribution in [2.45, 2.75) is 0 Å². The van der Waals surface area contributed by atoms with Crippen molar-refractivity contribution in [2.24, 2.45) is 0 Å². The van der Waals surface area contributed by atoms with Gasteiger partial charge in [-0.1, -0.05) is 48.5 Å². The predicted molar refractivity (Wildman–Crippen MR) is 126 cm³/mol. The molecular formula is C24H18NO5S2-. The average molecular weight is 465 g/mol. The number of carbonyl (C=O) groups is 1. The monoisotopic (exact) mass is 464 g/mol. The van der Waals surface area contributed by atoms with Gasteiger partial charge in [-0.3, -0.25) is 8.51 Å². The van der Waals surface area contributed by atoms with E-state index in [-0.39, 0.29) is 17.0 Å². The van der Waals surface area contributed by atoms with E-state index in [1.165, 1.54) is 36.6 Å². The van der Waals surface area contributed by atoms with E-state index in [2.05, 4.69) is 6.07 Å². The molecule has 0 saturated heterocycles. The van der Waals surface area contributed by atoms with Gasteiger partial charge in [-0.05, 0) is 53.1 Å². The summed E-state index contributed by atoms with van der Waals surface area (Å²) in [5, 5.41) is 9.66. The van der Waals surface area contributed by atoms with E-state index in [0.717, 1.165) is 25.9 Å². The minimum absolute atomic E-state index is 0.00632. The van der Waals surface area contributed by atoms with Crippen LogP contribution in [0.15, 0.2) is 84.9 Å². The number of carboxylic acid groups (broad SMARTS) is 1. The summed E-state index contributed by atoms with van der Waals surface area (Å²) in [6.07, 6.45) is 0. The molecule has 1 heterocycles. The predicted octanol–water partition coefficient (Wildman–Crippen LogP) is 5.72. The highest BCUT2D eigenvalue weighted by molar-refractivity contribution is 7.81. The number of carboxylic acids is 1. The number of rotatable bonds is 7. The van der Waals surface area contributed by atoms with E-state index in [1.807, 2.05) is 54.6 Å². The summed E-state index contributed by atoms with van der Waals surface area (Å²) in [6, 6.07) is 25.7. The third-order valence-electron chi connectivity index (χ3n) is 4.84. The van der Waals surface area contributed by atoms with Crippen molar-refractivity contribution in [1.82, 2.24) is 0 Å². The van der Waals surface area contributed by atoms with Crippen LogP contribution in [0.25, 0.3) is 21.6 Å². The van der Waals surface area contributed by atoms with Gasteiger partial charge in [0.15, 0.2) is 0 Å². The van der Waals surface area contributed by atoms with E-state index in [9.17, 15) is 18.7 Å². The molecule has 0 spiro atoms. The number of benzene rings is 3. The molecule has 6 nitrogen and oxygen atoms in total. The summed E-state index contributed by atoms with van der Waals surface area (Å²) in [5.74, 6) is -0.975. The van der Waals surface area contributed by atoms with Crippen LogP contribution in [0.2, 0.25) is 0 Å². The van der Waals surface area contributed by atoms with E-state index in [4.69, 9.17) is 4.74 Å². The average Bonchev–Trinajstić information content (AvgIpc) is 3.29. The van der Waals surface area contributed by atoms with Gasteiger partial charge in [0.1, 0.15) is 10.8 Å². The molecular weight excluding hydrogens is 446 g/mol. The summed E-state index contributed by atoms with van der Waals surface area (Å²) in [7, 11) is 1.37. The van der Waals surface area contributed by atoms with Crippen molar-refractivity contribution in [3.63, 3.8) is 0 Å². The molecule has 1 atom stereocenters. The lowest BCUT2D eigenvalue weighted by molar-refractivity contribution is 0.0696. The molecule has 0 bridgehead atoms. The number of methoxy groups -OCH3 is 1. The molecule has 0 saturated carbocycles. The van der Waals surface area contributed by atoms with Gasteiger partial charge in [0.25, 0.3) is 0 Å². The van der Waals surface area contributed by atoms with Crippen LogP contribution in [-0.4, -0.2) is 26.9 Å². The van der Waals surface area contributed by atoms with Gasteiger partial charge < -0.3 is 14.4 Å². The Morgan fingerprint density at radius 1 is 0.938 bits per heavy atom. The van der Waals surface area contributed by atoms with Crippen LogP contribution in [0.5, 0.6) is 5.75 Å². The summed E-state index contributed by atoms with van der Waals surface area (Å²) in [6.45, 7) is 0. The van der Waals surface area contributed by atoms with Gasteiger partial charge in [0.05, 0.1) is 29.6 Å². The molecule has 0 aliphatic carbocycles. The number of nitrogens with zero attached hydrogens (tertiary/aromatic N) is 1. The molecule has 162 valence electrons. The van der Waals surface area contributed by atoms with Gasteiger partial charge >= 0.3 is 5.97 Å². The van der Waals surface area contributed by atoms with Gasteiger partial charge in [-0.2, -0.15) is 0 Å². The van der Waals surface area contributed by atoms with Crippen LogP contribution in [0.1, 0.15) is 10.4 Å². The molecule has 0 radical (unpaired) electrons. The topological polar surface area (TPSA) is 89.9 Å². The molecule has 1 unspecified atom stereocenters. The highest BCUT2D eigenvalue weighted by Crippen LogP contribution is 2.41. The largest absolute Gasteiger partial charge is 0.755 e. The second-order valence-corrected chi connectivity index (χ2v) is 8.65. The zero-order valence-electron chi connectivity index (χ0n) is 16.9. The Morgan fingerprint density at radius 3 is 2.34 bits per heavy atom. The van der Waals surface area contributed by atoms with Crippen LogP contribution >= 0.6 is 11.3 Å². The molecule has 4 rings (SSSR count). The number of thiophene rings is 1. The minimum atomic E-state index is -2.65. The van der Waals surface area contributed by atoms with Gasteiger partial charge in [0, 0.05) is 4.88 Å². The highest BCUT2D eigenvalue weighted by Gasteiger charge is 2.19. The van der Waals surface area contributed by atoms with Crippen molar-refractivity contribution in [3.05, 3.63) is 90.5 Å². The van der Waals surface area contributed by atoms with Crippen molar-refractivity contribution < 1.29 is 23.4 Å². The highest BCUT2D eigenvalue weighted by atomic mass is 32.2. The first-order valence-corrected chi connectivity index (χ1v) is 11.4. The Morgan fingerprint density at radius 2 is 1.66 bits per heavy atom. The SMILES string of the molecule is COc1cc(C(=O)O)ccc1N(c1ccc(-c2cccc(-c3ccccc3)c2)s1)S(=O)[O-]. The molecule has 0 amide bonds. The van der Waals surface area contributed by atoms with Crippen LogP contribution in [0.4, 0.5) is 10.7 Å². The molecule has 4 aromatic rings. The number of anilines is 2. The van der Waals surface area contributed by atoms with Crippen molar-refractivity contribution in [2.75, 3.05) is 11.4 Å².